The van der Waals surface area contributed by atoms with Crippen molar-refractivity contribution in [2.24, 2.45) is 5.92 Å². The van der Waals surface area contributed by atoms with Gasteiger partial charge in [0, 0.05) is 43.9 Å². The third kappa shape index (κ3) is 3.49. The van der Waals surface area contributed by atoms with Crippen molar-refractivity contribution < 1.29 is 18.0 Å². The molecule has 0 spiro atoms. The van der Waals surface area contributed by atoms with Crippen LogP contribution in [0.4, 0.5) is 18.9 Å². The Morgan fingerprint density at radius 3 is 2.71 bits per heavy atom. The van der Waals surface area contributed by atoms with Crippen molar-refractivity contribution in [3.63, 3.8) is 0 Å². The Balaban J connectivity index is 1.22. The van der Waals surface area contributed by atoms with Gasteiger partial charge in [0.15, 0.2) is 5.65 Å². The summed E-state index contributed by atoms with van der Waals surface area (Å²) in [5, 5.41) is 4.45. The lowest BCUT2D eigenvalue weighted by Gasteiger charge is -2.41. The van der Waals surface area contributed by atoms with Gasteiger partial charge in [0.25, 0.3) is 0 Å². The number of amides is 1. The van der Waals surface area contributed by atoms with Crippen molar-refractivity contribution >= 4 is 17.2 Å². The van der Waals surface area contributed by atoms with Gasteiger partial charge in [-0.2, -0.15) is 18.3 Å². The van der Waals surface area contributed by atoms with Crippen molar-refractivity contribution in [3.05, 3.63) is 52.7 Å². The predicted octanol–water partition coefficient (Wildman–Crippen LogP) is 3.13. The van der Waals surface area contributed by atoms with Gasteiger partial charge in [-0.05, 0) is 43.2 Å². The SMILES string of the molecule is Cc1nc2cc(C)c3c(n2n1)CN(C(=O)CC1CN(c2ccnc(C(F)(F)F)c2)C1)C3. The maximum absolute atomic E-state index is 12.9. The molecular formula is C21H21F3N6O. The number of aromatic nitrogens is 4. The molecule has 3 aromatic heterocycles. The van der Waals surface area contributed by atoms with Gasteiger partial charge < -0.3 is 9.80 Å². The fraction of sp³-hybridized carbons (Fsp3) is 0.429. The highest BCUT2D eigenvalue weighted by Gasteiger charge is 2.36. The van der Waals surface area contributed by atoms with Crippen molar-refractivity contribution in [1.82, 2.24) is 24.5 Å². The van der Waals surface area contributed by atoms with E-state index in [0.717, 1.165) is 28.5 Å². The lowest BCUT2D eigenvalue weighted by molar-refractivity contribution is -0.141. The highest BCUT2D eigenvalue weighted by Crippen LogP contribution is 2.33. The molecule has 10 heteroatoms. The normalized spacial score (nSPS) is 16.7. The average molecular weight is 430 g/mol. The second kappa shape index (κ2) is 6.93. The van der Waals surface area contributed by atoms with E-state index in [2.05, 4.69) is 15.1 Å². The van der Waals surface area contributed by atoms with E-state index in [1.165, 1.54) is 6.20 Å². The van der Waals surface area contributed by atoms with Gasteiger partial charge in [0.05, 0.1) is 12.2 Å². The average Bonchev–Trinajstić information content (AvgIpc) is 3.27. The fourth-order valence-electron chi connectivity index (χ4n) is 4.40. The number of rotatable bonds is 3. The van der Waals surface area contributed by atoms with Crippen molar-refractivity contribution in [2.75, 3.05) is 18.0 Å². The molecule has 1 saturated heterocycles. The van der Waals surface area contributed by atoms with E-state index in [1.54, 1.807) is 6.07 Å². The molecule has 1 fully saturated rings. The molecule has 0 aliphatic carbocycles. The Hall–Kier alpha value is -3.17. The number of anilines is 1. The number of aryl methyl sites for hydroxylation is 2. The molecule has 0 saturated carbocycles. The summed E-state index contributed by atoms with van der Waals surface area (Å²) in [4.78, 5) is 24.4. The molecule has 1 amide bonds. The van der Waals surface area contributed by atoms with E-state index in [0.29, 0.717) is 44.1 Å². The standard InChI is InChI=1S/C21H21F3N6O/c1-12-5-19-26-13(2)27-30(19)17-11-29(10-16(12)17)20(31)6-14-8-28(9-14)15-3-4-25-18(7-15)21(22,23)24/h3-5,7,14H,6,8-11H2,1-2H3. The Labute approximate surface area is 176 Å². The van der Waals surface area contributed by atoms with Crippen LogP contribution in [0.2, 0.25) is 0 Å². The van der Waals surface area contributed by atoms with E-state index in [1.807, 2.05) is 34.2 Å². The van der Waals surface area contributed by atoms with Gasteiger partial charge in [0.2, 0.25) is 5.91 Å². The summed E-state index contributed by atoms with van der Waals surface area (Å²) in [5.74, 6) is 0.862. The predicted molar refractivity (Wildman–Crippen MR) is 106 cm³/mol. The number of hydrogen-bond donors (Lipinski definition) is 0. The number of hydrogen-bond acceptors (Lipinski definition) is 5. The molecular weight excluding hydrogens is 409 g/mol. The molecule has 5 heterocycles. The monoisotopic (exact) mass is 430 g/mol. The first kappa shape index (κ1) is 19.8. The van der Waals surface area contributed by atoms with Crippen LogP contribution in [0.1, 0.15) is 34.8 Å². The zero-order chi connectivity index (χ0) is 21.9. The van der Waals surface area contributed by atoms with Crippen LogP contribution in [-0.4, -0.2) is 43.5 Å². The minimum Gasteiger partial charge on any atom is -0.371 e. The molecule has 2 aliphatic heterocycles. The number of pyridine rings is 2. The number of nitrogens with zero attached hydrogens (tertiary/aromatic N) is 6. The van der Waals surface area contributed by atoms with Crippen molar-refractivity contribution in [2.45, 2.75) is 39.5 Å². The number of carbonyl (C=O) groups excluding carboxylic acids is 1. The van der Waals surface area contributed by atoms with Crippen LogP contribution in [0.25, 0.3) is 5.65 Å². The number of fused-ring (bicyclic) bond motifs is 3. The minimum atomic E-state index is -4.47. The number of alkyl halides is 3. The number of halogens is 3. The van der Waals surface area contributed by atoms with Gasteiger partial charge >= 0.3 is 6.18 Å². The molecule has 3 aromatic rings. The van der Waals surface area contributed by atoms with E-state index < -0.39 is 11.9 Å². The second-order valence-corrected chi connectivity index (χ2v) is 8.30. The largest absolute Gasteiger partial charge is 0.433 e. The van der Waals surface area contributed by atoms with Gasteiger partial charge in [-0.25, -0.2) is 9.50 Å². The van der Waals surface area contributed by atoms with Crippen LogP contribution in [0, 0.1) is 19.8 Å². The Morgan fingerprint density at radius 1 is 1.19 bits per heavy atom. The van der Waals surface area contributed by atoms with Crippen LogP contribution < -0.4 is 4.90 Å². The topological polar surface area (TPSA) is 66.6 Å². The smallest absolute Gasteiger partial charge is 0.371 e. The highest BCUT2D eigenvalue weighted by atomic mass is 19.4. The first-order valence-electron chi connectivity index (χ1n) is 10.1. The van der Waals surface area contributed by atoms with Gasteiger partial charge in [-0.3, -0.25) is 9.78 Å². The van der Waals surface area contributed by atoms with E-state index in [4.69, 9.17) is 0 Å². The molecule has 2 aliphatic rings. The zero-order valence-corrected chi connectivity index (χ0v) is 17.1. The van der Waals surface area contributed by atoms with Crippen LogP contribution >= 0.6 is 0 Å². The Morgan fingerprint density at radius 2 is 1.97 bits per heavy atom. The molecule has 0 unspecified atom stereocenters. The van der Waals surface area contributed by atoms with Crippen molar-refractivity contribution in [3.8, 4) is 0 Å². The molecule has 162 valence electrons. The maximum Gasteiger partial charge on any atom is 0.433 e. The van der Waals surface area contributed by atoms with Gasteiger partial charge in [-0.15, -0.1) is 0 Å². The summed E-state index contributed by atoms with van der Waals surface area (Å²) in [6.45, 7) is 6.01. The maximum atomic E-state index is 12.9. The second-order valence-electron chi connectivity index (χ2n) is 8.30. The summed E-state index contributed by atoms with van der Waals surface area (Å²) < 4.78 is 40.4. The molecule has 5 rings (SSSR count). The number of carbonyl (C=O) groups is 1. The third-order valence-electron chi connectivity index (χ3n) is 6.03. The molecule has 0 aromatic carbocycles. The van der Waals surface area contributed by atoms with Crippen LogP contribution in [-0.2, 0) is 24.1 Å². The third-order valence-corrected chi connectivity index (χ3v) is 6.03. The van der Waals surface area contributed by atoms with Crippen LogP contribution in [0.15, 0.2) is 24.4 Å². The quantitative estimate of drug-likeness (QED) is 0.639. The molecule has 0 atom stereocenters. The lowest BCUT2D eigenvalue weighted by Crippen LogP contribution is -2.48. The van der Waals surface area contributed by atoms with E-state index >= 15 is 0 Å². The summed E-state index contributed by atoms with van der Waals surface area (Å²) in [6.07, 6.45) is -2.92. The minimum absolute atomic E-state index is 0.0518. The van der Waals surface area contributed by atoms with E-state index in [9.17, 15) is 18.0 Å². The Bertz CT molecular complexity index is 1180. The summed E-state index contributed by atoms with van der Waals surface area (Å²) in [7, 11) is 0. The molecule has 31 heavy (non-hydrogen) atoms. The van der Waals surface area contributed by atoms with Gasteiger partial charge in [0.1, 0.15) is 11.5 Å². The summed E-state index contributed by atoms with van der Waals surface area (Å²) in [5.41, 5.74) is 3.57. The first-order valence-corrected chi connectivity index (χ1v) is 10.1. The summed E-state index contributed by atoms with van der Waals surface area (Å²) in [6, 6.07) is 4.61. The molecule has 0 N–H and O–H groups in total. The Kier molecular flexibility index (Phi) is 4.42. The highest BCUT2D eigenvalue weighted by molar-refractivity contribution is 5.78. The lowest BCUT2D eigenvalue weighted by atomic mass is 9.95. The zero-order valence-electron chi connectivity index (χ0n) is 17.1. The molecule has 0 bridgehead atoms. The molecule has 0 radical (unpaired) electrons. The van der Waals surface area contributed by atoms with Crippen LogP contribution in [0.5, 0.6) is 0 Å². The first-order chi connectivity index (χ1) is 14.7. The summed E-state index contributed by atoms with van der Waals surface area (Å²) >= 11 is 0. The van der Waals surface area contributed by atoms with Gasteiger partial charge in [-0.1, -0.05) is 0 Å². The molecule has 7 nitrogen and oxygen atoms in total. The van der Waals surface area contributed by atoms with Crippen molar-refractivity contribution in [1.29, 1.82) is 0 Å². The van der Waals surface area contributed by atoms with Crippen LogP contribution in [0.3, 0.4) is 0 Å². The fourth-order valence-corrected chi connectivity index (χ4v) is 4.40. The van der Waals surface area contributed by atoms with E-state index in [-0.39, 0.29) is 11.8 Å².